The van der Waals surface area contributed by atoms with E-state index < -0.39 is 0 Å². The Morgan fingerprint density at radius 2 is 1.93 bits per heavy atom. The summed E-state index contributed by atoms with van der Waals surface area (Å²) in [5.74, 6) is 0.910. The van der Waals surface area contributed by atoms with Gasteiger partial charge in [-0.2, -0.15) is 0 Å². The highest BCUT2D eigenvalue weighted by molar-refractivity contribution is 5.27. The summed E-state index contributed by atoms with van der Waals surface area (Å²) in [6, 6.07) is 8.10. The molecule has 1 rings (SSSR count). The average molecular weight is 205 g/mol. The van der Waals surface area contributed by atoms with Crippen molar-refractivity contribution in [3.63, 3.8) is 0 Å². The lowest BCUT2D eigenvalue weighted by Crippen LogP contribution is -2.02. The van der Waals surface area contributed by atoms with Gasteiger partial charge in [0, 0.05) is 0 Å². The summed E-state index contributed by atoms with van der Waals surface area (Å²) in [6.45, 7) is 5.46. The van der Waals surface area contributed by atoms with Gasteiger partial charge in [-0.15, -0.1) is 0 Å². The molecule has 0 atom stereocenters. The van der Waals surface area contributed by atoms with Crippen LogP contribution in [0.3, 0.4) is 0 Å². The summed E-state index contributed by atoms with van der Waals surface area (Å²) in [6.07, 6.45) is 2.99. The quantitative estimate of drug-likeness (QED) is 0.750. The molecule has 0 aromatic heterocycles. The second-order valence-electron chi connectivity index (χ2n) is 3.78. The molecule has 0 aliphatic rings. The maximum Gasteiger partial charge on any atom is 0.119 e. The molecular formula is C13H19NO. The molecule has 2 N–H and O–H groups in total. The molecule has 0 fully saturated rings. The number of nitrogens with two attached hydrogens (primary N) is 1. The van der Waals surface area contributed by atoms with Gasteiger partial charge in [0.1, 0.15) is 12.4 Å². The molecule has 1 aromatic carbocycles. The van der Waals surface area contributed by atoms with Crippen molar-refractivity contribution in [2.24, 2.45) is 5.73 Å². The summed E-state index contributed by atoms with van der Waals surface area (Å²) in [4.78, 5) is 0. The largest absolute Gasteiger partial charge is 0.490 e. The Labute approximate surface area is 91.7 Å². The number of hydrogen-bond donors (Lipinski definition) is 1. The van der Waals surface area contributed by atoms with E-state index in [-0.39, 0.29) is 0 Å². The summed E-state index contributed by atoms with van der Waals surface area (Å²) < 4.78 is 5.54. The first-order chi connectivity index (χ1) is 7.22. The molecule has 0 saturated carbocycles. The number of hydrogen-bond acceptors (Lipinski definition) is 2. The molecule has 0 heterocycles. The molecule has 0 saturated heterocycles. The smallest absolute Gasteiger partial charge is 0.119 e. The Morgan fingerprint density at radius 1 is 1.27 bits per heavy atom. The highest BCUT2D eigenvalue weighted by Crippen LogP contribution is 2.12. The minimum Gasteiger partial charge on any atom is -0.490 e. The van der Waals surface area contributed by atoms with Gasteiger partial charge in [0.2, 0.25) is 0 Å². The predicted molar refractivity (Wildman–Crippen MR) is 64.1 cm³/mol. The van der Waals surface area contributed by atoms with Crippen LogP contribution in [0, 0.1) is 0 Å². The first kappa shape index (κ1) is 11.8. The fraction of sp³-hybridized carbons (Fsp3) is 0.385. The van der Waals surface area contributed by atoms with E-state index in [1.54, 1.807) is 0 Å². The van der Waals surface area contributed by atoms with Crippen LogP contribution in [-0.2, 0) is 6.42 Å². The SMILES string of the molecule is CC(C)=CCOc1ccc(CCN)cc1. The molecule has 82 valence electrons. The van der Waals surface area contributed by atoms with Crippen molar-refractivity contribution >= 4 is 0 Å². The zero-order chi connectivity index (χ0) is 11.1. The third-order valence-electron chi connectivity index (χ3n) is 2.10. The van der Waals surface area contributed by atoms with Gasteiger partial charge in [-0.1, -0.05) is 17.7 Å². The van der Waals surface area contributed by atoms with Crippen molar-refractivity contribution in [1.82, 2.24) is 0 Å². The Balaban J connectivity index is 2.46. The Hall–Kier alpha value is -1.28. The first-order valence-electron chi connectivity index (χ1n) is 5.27. The third-order valence-corrected chi connectivity index (χ3v) is 2.10. The van der Waals surface area contributed by atoms with E-state index in [2.05, 4.69) is 32.1 Å². The molecule has 0 aliphatic carbocycles. The fourth-order valence-corrected chi connectivity index (χ4v) is 1.22. The van der Waals surface area contributed by atoms with Crippen LogP contribution in [0.15, 0.2) is 35.9 Å². The third kappa shape index (κ3) is 4.66. The molecule has 1 aromatic rings. The van der Waals surface area contributed by atoms with Gasteiger partial charge >= 0.3 is 0 Å². The summed E-state index contributed by atoms with van der Waals surface area (Å²) in [7, 11) is 0. The Kier molecular flexibility index (Phi) is 4.91. The molecule has 2 nitrogen and oxygen atoms in total. The normalized spacial score (nSPS) is 9.80. The minimum absolute atomic E-state index is 0.637. The summed E-state index contributed by atoms with van der Waals surface area (Å²) in [5, 5.41) is 0. The summed E-state index contributed by atoms with van der Waals surface area (Å²) >= 11 is 0. The van der Waals surface area contributed by atoms with Crippen LogP contribution in [0.1, 0.15) is 19.4 Å². The van der Waals surface area contributed by atoms with Crippen LogP contribution >= 0.6 is 0 Å². The minimum atomic E-state index is 0.637. The number of ether oxygens (including phenoxy) is 1. The van der Waals surface area contributed by atoms with Crippen molar-refractivity contribution in [2.75, 3.05) is 13.2 Å². The fourth-order valence-electron chi connectivity index (χ4n) is 1.22. The van der Waals surface area contributed by atoms with Gasteiger partial charge in [-0.3, -0.25) is 0 Å². The van der Waals surface area contributed by atoms with E-state index in [1.165, 1.54) is 11.1 Å². The van der Waals surface area contributed by atoms with E-state index in [1.807, 2.05) is 12.1 Å². The lowest BCUT2D eigenvalue weighted by Gasteiger charge is -2.04. The maximum absolute atomic E-state index is 5.54. The van der Waals surface area contributed by atoms with Gasteiger partial charge in [-0.25, -0.2) is 0 Å². The molecule has 15 heavy (non-hydrogen) atoms. The van der Waals surface area contributed by atoms with Gasteiger partial charge in [0.05, 0.1) is 0 Å². The Morgan fingerprint density at radius 3 is 2.47 bits per heavy atom. The van der Waals surface area contributed by atoms with Crippen LogP contribution in [0.5, 0.6) is 5.75 Å². The van der Waals surface area contributed by atoms with Crippen LogP contribution in [0.25, 0.3) is 0 Å². The molecule has 0 bridgehead atoms. The molecule has 2 heteroatoms. The van der Waals surface area contributed by atoms with E-state index >= 15 is 0 Å². The second kappa shape index (κ2) is 6.25. The zero-order valence-corrected chi connectivity index (χ0v) is 9.49. The number of allylic oxidation sites excluding steroid dienone is 1. The van der Waals surface area contributed by atoms with Crippen molar-refractivity contribution in [1.29, 1.82) is 0 Å². The van der Waals surface area contributed by atoms with Crippen LogP contribution in [0.2, 0.25) is 0 Å². The van der Waals surface area contributed by atoms with Crippen LogP contribution in [0.4, 0.5) is 0 Å². The maximum atomic E-state index is 5.54. The van der Waals surface area contributed by atoms with Crippen molar-refractivity contribution in [2.45, 2.75) is 20.3 Å². The van der Waals surface area contributed by atoms with Gasteiger partial charge in [0.25, 0.3) is 0 Å². The van der Waals surface area contributed by atoms with Gasteiger partial charge < -0.3 is 10.5 Å². The molecular weight excluding hydrogens is 186 g/mol. The standard InChI is InChI=1S/C13H19NO/c1-11(2)8-10-15-13-5-3-12(4-6-13)7-9-14/h3-6,8H,7,9-10,14H2,1-2H3. The van der Waals surface area contributed by atoms with Crippen LogP contribution < -0.4 is 10.5 Å². The van der Waals surface area contributed by atoms with E-state index in [9.17, 15) is 0 Å². The molecule has 0 unspecified atom stereocenters. The van der Waals surface area contributed by atoms with Crippen molar-refractivity contribution < 1.29 is 4.74 Å². The predicted octanol–water partition coefficient (Wildman–Crippen LogP) is 2.53. The Bertz CT molecular complexity index is 310. The topological polar surface area (TPSA) is 35.2 Å². The molecule has 0 amide bonds. The van der Waals surface area contributed by atoms with Gasteiger partial charge in [-0.05, 0) is 50.6 Å². The highest BCUT2D eigenvalue weighted by Gasteiger charge is 1.93. The zero-order valence-electron chi connectivity index (χ0n) is 9.49. The number of rotatable bonds is 5. The highest BCUT2D eigenvalue weighted by atomic mass is 16.5. The van der Waals surface area contributed by atoms with Crippen LogP contribution in [-0.4, -0.2) is 13.2 Å². The van der Waals surface area contributed by atoms with E-state index in [0.717, 1.165) is 12.2 Å². The van der Waals surface area contributed by atoms with E-state index in [4.69, 9.17) is 10.5 Å². The first-order valence-corrected chi connectivity index (χ1v) is 5.27. The summed E-state index contributed by atoms with van der Waals surface area (Å²) in [5.41, 5.74) is 8.00. The molecule has 0 spiro atoms. The molecule has 0 radical (unpaired) electrons. The lowest BCUT2D eigenvalue weighted by molar-refractivity contribution is 0.362. The van der Waals surface area contributed by atoms with Crippen molar-refractivity contribution in [3.05, 3.63) is 41.5 Å². The second-order valence-corrected chi connectivity index (χ2v) is 3.78. The van der Waals surface area contributed by atoms with Crippen molar-refractivity contribution in [3.8, 4) is 5.75 Å². The average Bonchev–Trinajstić information content (AvgIpc) is 2.20. The van der Waals surface area contributed by atoms with E-state index in [0.29, 0.717) is 13.2 Å². The number of benzene rings is 1. The van der Waals surface area contributed by atoms with Gasteiger partial charge in [0.15, 0.2) is 0 Å². The lowest BCUT2D eigenvalue weighted by atomic mass is 10.1. The monoisotopic (exact) mass is 205 g/mol. The molecule has 0 aliphatic heterocycles.